The number of halogens is 1. The van der Waals surface area contributed by atoms with E-state index in [4.69, 9.17) is 16.6 Å². The zero-order valence-corrected chi connectivity index (χ0v) is 20.3. The number of aliphatic hydroxyl groups is 1. The normalized spacial score (nSPS) is 17.1. The minimum atomic E-state index is -0.213. The number of aromatic nitrogens is 4. The summed E-state index contributed by atoms with van der Waals surface area (Å²) in [5.74, 6) is 7.33. The van der Waals surface area contributed by atoms with Gasteiger partial charge in [-0.15, -0.1) is 0 Å². The molecule has 1 fully saturated rings. The minimum Gasteiger partial charge on any atom is -0.393 e. The largest absolute Gasteiger partial charge is 0.393 e. The van der Waals surface area contributed by atoms with Crippen molar-refractivity contribution in [3.05, 3.63) is 89.5 Å². The third kappa shape index (κ3) is 6.16. The number of anilines is 3. The summed E-state index contributed by atoms with van der Waals surface area (Å²) in [6.07, 6.45) is 8.33. The topological polar surface area (TPSA) is 95.8 Å². The molecule has 1 saturated carbocycles. The van der Waals surface area contributed by atoms with Crippen LogP contribution in [0.25, 0.3) is 11.3 Å². The molecule has 3 aromatic heterocycles. The van der Waals surface area contributed by atoms with E-state index >= 15 is 0 Å². The van der Waals surface area contributed by atoms with Gasteiger partial charge in [0.05, 0.1) is 17.4 Å². The van der Waals surface area contributed by atoms with Crippen LogP contribution in [0.1, 0.15) is 36.9 Å². The number of benzene rings is 1. The summed E-state index contributed by atoms with van der Waals surface area (Å²) in [6.45, 7) is 0. The van der Waals surface area contributed by atoms with E-state index in [0.717, 1.165) is 54.0 Å². The van der Waals surface area contributed by atoms with E-state index in [-0.39, 0.29) is 12.1 Å². The van der Waals surface area contributed by atoms with Crippen LogP contribution in [-0.4, -0.2) is 37.2 Å². The molecule has 0 saturated heterocycles. The van der Waals surface area contributed by atoms with Crippen molar-refractivity contribution in [3.63, 3.8) is 0 Å². The SMILES string of the molecule is O[C@H]1CC[C@H](Nc2nc(Nc3ccc(C#Cc4cc(Cl)ccn4)cc3)ncc2-c2ccccn2)CC1. The van der Waals surface area contributed by atoms with Crippen molar-refractivity contribution in [2.45, 2.75) is 37.8 Å². The number of pyridine rings is 2. The standard InChI is InChI=1S/C28H25ClN6O/c29-20-14-16-30-23(17-20)9-6-19-4-7-22(8-5-19)34-28-32-18-25(26-3-1-2-15-31-26)27(35-28)33-21-10-12-24(36)13-11-21/h1-5,7-8,14-18,21,24,36H,10-13H2,(H2,32,33,34,35)/t21-,24-. The summed E-state index contributed by atoms with van der Waals surface area (Å²) in [5.41, 5.74) is 3.97. The summed E-state index contributed by atoms with van der Waals surface area (Å²) in [5, 5.41) is 17.3. The van der Waals surface area contributed by atoms with Gasteiger partial charge in [0.2, 0.25) is 5.95 Å². The molecule has 0 aliphatic heterocycles. The van der Waals surface area contributed by atoms with Gasteiger partial charge in [0.15, 0.2) is 0 Å². The molecule has 4 aromatic rings. The van der Waals surface area contributed by atoms with E-state index in [1.165, 1.54) is 0 Å². The average Bonchev–Trinajstić information content (AvgIpc) is 2.90. The van der Waals surface area contributed by atoms with Gasteiger partial charge >= 0.3 is 0 Å². The highest BCUT2D eigenvalue weighted by molar-refractivity contribution is 6.30. The second kappa shape index (κ2) is 11.2. The third-order valence-corrected chi connectivity index (χ3v) is 6.20. The molecule has 3 N–H and O–H groups in total. The van der Waals surface area contributed by atoms with Gasteiger partial charge in [0.25, 0.3) is 0 Å². The fourth-order valence-corrected chi connectivity index (χ4v) is 4.21. The van der Waals surface area contributed by atoms with Crippen LogP contribution in [0.4, 0.5) is 17.5 Å². The highest BCUT2D eigenvalue weighted by Gasteiger charge is 2.21. The lowest BCUT2D eigenvalue weighted by molar-refractivity contribution is 0.126. The molecule has 8 heteroatoms. The van der Waals surface area contributed by atoms with E-state index < -0.39 is 0 Å². The van der Waals surface area contributed by atoms with E-state index in [9.17, 15) is 5.11 Å². The number of nitrogens with one attached hydrogen (secondary N) is 2. The van der Waals surface area contributed by atoms with Crippen LogP contribution in [-0.2, 0) is 0 Å². The van der Waals surface area contributed by atoms with Gasteiger partial charge < -0.3 is 15.7 Å². The van der Waals surface area contributed by atoms with Gasteiger partial charge in [0, 0.05) is 40.9 Å². The minimum absolute atomic E-state index is 0.213. The summed E-state index contributed by atoms with van der Waals surface area (Å²) in [7, 11) is 0. The Morgan fingerprint density at radius 1 is 0.889 bits per heavy atom. The second-order valence-electron chi connectivity index (χ2n) is 8.63. The van der Waals surface area contributed by atoms with Gasteiger partial charge in [-0.05, 0) is 80.1 Å². The fourth-order valence-electron chi connectivity index (χ4n) is 4.05. The van der Waals surface area contributed by atoms with Gasteiger partial charge in [-0.25, -0.2) is 9.97 Å². The lowest BCUT2D eigenvalue weighted by atomic mass is 9.93. The van der Waals surface area contributed by atoms with Crippen LogP contribution in [0.15, 0.2) is 73.2 Å². The Labute approximate surface area is 215 Å². The van der Waals surface area contributed by atoms with Crippen molar-refractivity contribution in [1.82, 2.24) is 19.9 Å². The summed E-state index contributed by atoms with van der Waals surface area (Å²) >= 11 is 5.99. The molecule has 3 heterocycles. The van der Waals surface area contributed by atoms with Crippen LogP contribution >= 0.6 is 11.6 Å². The lowest BCUT2D eigenvalue weighted by Crippen LogP contribution is -2.29. The first-order chi connectivity index (χ1) is 17.6. The van der Waals surface area contributed by atoms with E-state index in [1.807, 2.05) is 42.5 Å². The third-order valence-electron chi connectivity index (χ3n) is 5.97. The Bertz CT molecular complexity index is 1380. The van der Waals surface area contributed by atoms with Crippen molar-refractivity contribution in [2.24, 2.45) is 0 Å². The summed E-state index contributed by atoms with van der Waals surface area (Å²) in [6, 6.07) is 17.2. The molecule has 5 rings (SSSR count). The Morgan fingerprint density at radius 3 is 2.47 bits per heavy atom. The van der Waals surface area contributed by atoms with Crippen molar-refractivity contribution >= 4 is 29.1 Å². The number of hydrogen-bond donors (Lipinski definition) is 3. The van der Waals surface area contributed by atoms with Gasteiger partial charge in [-0.1, -0.05) is 23.6 Å². The average molecular weight is 497 g/mol. The molecule has 0 amide bonds. The van der Waals surface area contributed by atoms with Crippen LogP contribution in [0.3, 0.4) is 0 Å². The molecule has 1 aliphatic carbocycles. The van der Waals surface area contributed by atoms with Crippen molar-refractivity contribution in [1.29, 1.82) is 0 Å². The van der Waals surface area contributed by atoms with E-state index in [0.29, 0.717) is 16.7 Å². The van der Waals surface area contributed by atoms with E-state index in [2.05, 4.69) is 37.4 Å². The number of nitrogens with zero attached hydrogens (tertiary/aromatic N) is 4. The second-order valence-corrected chi connectivity index (χ2v) is 9.07. The quantitative estimate of drug-likeness (QED) is 0.316. The maximum Gasteiger partial charge on any atom is 0.229 e. The summed E-state index contributed by atoms with van der Waals surface area (Å²) in [4.78, 5) is 18.0. The van der Waals surface area contributed by atoms with Gasteiger partial charge in [-0.2, -0.15) is 4.98 Å². The molecule has 180 valence electrons. The Kier molecular flexibility index (Phi) is 7.36. The number of aliphatic hydroxyl groups excluding tert-OH is 1. The molecule has 36 heavy (non-hydrogen) atoms. The van der Waals surface area contributed by atoms with Crippen molar-refractivity contribution in [2.75, 3.05) is 10.6 Å². The van der Waals surface area contributed by atoms with Crippen molar-refractivity contribution in [3.8, 4) is 23.1 Å². The van der Waals surface area contributed by atoms with Crippen LogP contribution in [0.2, 0.25) is 5.02 Å². The van der Waals surface area contributed by atoms with Crippen molar-refractivity contribution < 1.29 is 5.11 Å². The van der Waals surface area contributed by atoms with E-state index in [1.54, 1.807) is 30.7 Å². The first-order valence-corrected chi connectivity index (χ1v) is 12.2. The predicted molar refractivity (Wildman–Crippen MR) is 142 cm³/mol. The molecule has 0 bridgehead atoms. The molecule has 0 radical (unpaired) electrons. The monoisotopic (exact) mass is 496 g/mol. The summed E-state index contributed by atoms with van der Waals surface area (Å²) < 4.78 is 0. The molecule has 7 nitrogen and oxygen atoms in total. The number of rotatable bonds is 5. The maximum absolute atomic E-state index is 9.87. The lowest BCUT2D eigenvalue weighted by Gasteiger charge is -2.27. The highest BCUT2D eigenvalue weighted by Crippen LogP contribution is 2.29. The maximum atomic E-state index is 9.87. The van der Waals surface area contributed by atoms with Crippen LogP contribution < -0.4 is 10.6 Å². The zero-order valence-electron chi connectivity index (χ0n) is 19.5. The highest BCUT2D eigenvalue weighted by atomic mass is 35.5. The van der Waals surface area contributed by atoms with Gasteiger partial charge in [0.1, 0.15) is 11.5 Å². The molecule has 0 spiro atoms. The molecule has 0 unspecified atom stereocenters. The first kappa shape index (κ1) is 23.7. The Morgan fingerprint density at radius 2 is 1.72 bits per heavy atom. The first-order valence-electron chi connectivity index (χ1n) is 11.9. The smallest absolute Gasteiger partial charge is 0.229 e. The Balaban J connectivity index is 1.34. The van der Waals surface area contributed by atoms with Gasteiger partial charge in [-0.3, -0.25) is 4.98 Å². The predicted octanol–water partition coefficient (Wildman–Crippen LogP) is 5.45. The molecular weight excluding hydrogens is 472 g/mol. The Hall–Kier alpha value is -3.99. The molecule has 1 aliphatic rings. The molecular formula is C28H25ClN6O. The number of hydrogen-bond acceptors (Lipinski definition) is 7. The van der Waals surface area contributed by atoms with Crippen LogP contribution in [0.5, 0.6) is 0 Å². The fraction of sp³-hybridized carbons (Fsp3) is 0.214. The zero-order chi connectivity index (χ0) is 24.7. The molecule has 0 atom stereocenters. The molecule has 1 aromatic carbocycles. The van der Waals surface area contributed by atoms with Crippen LogP contribution in [0, 0.1) is 11.8 Å².